The molecule has 0 N–H and O–H groups in total. The van der Waals surface area contributed by atoms with Crippen molar-refractivity contribution in [2.24, 2.45) is 0 Å². The van der Waals surface area contributed by atoms with Crippen LogP contribution in [0.25, 0.3) is 0 Å². The quantitative estimate of drug-likeness (QED) is 0.844. The minimum absolute atomic E-state index is 0.0389. The number of hydrogen-bond acceptors (Lipinski definition) is 3. The van der Waals surface area contributed by atoms with Crippen molar-refractivity contribution in [1.82, 2.24) is 9.80 Å². The Bertz CT molecular complexity index is 700. The van der Waals surface area contributed by atoms with Gasteiger partial charge in [-0.1, -0.05) is 30.3 Å². The number of rotatable bonds is 4. The van der Waals surface area contributed by atoms with E-state index in [9.17, 15) is 4.39 Å². The Hall–Kier alpha value is -1.91. The van der Waals surface area contributed by atoms with E-state index in [4.69, 9.17) is 4.74 Å². The summed E-state index contributed by atoms with van der Waals surface area (Å²) in [5, 5.41) is 0. The molecule has 2 aliphatic heterocycles. The Morgan fingerprint density at radius 3 is 2.56 bits per heavy atom. The van der Waals surface area contributed by atoms with Gasteiger partial charge in [0.2, 0.25) is 0 Å². The molecule has 0 aromatic heterocycles. The Labute approximate surface area is 149 Å². The number of likely N-dealkylation sites (tertiary alicyclic amines) is 1. The second-order valence-electron chi connectivity index (χ2n) is 6.93. The Kier molecular flexibility index (Phi) is 4.99. The SMILES string of the molecule is Fc1ccc2c(c1)C(c1ccccc1)N(CCN1CCCC1)CCO2. The van der Waals surface area contributed by atoms with Gasteiger partial charge in [-0.15, -0.1) is 0 Å². The molecule has 2 aromatic carbocycles. The molecule has 132 valence electrons. The summed E-state index contributed by atoms with van der Waals surface area (Å²) in [4.78, 5) is 4.97. The van der Waals surface area contributed by atoms with Crippen LogP contribution in [0.2, 0.25) is 0 Å². The van der Waals surface area contributed by atoms with E-state index >= 15 is 0 Å². The number of nitrogens with zero attached hydrogens (tertiary/aromatic N) is 2. The maximum atomic E-state index is 14.0. The highest BCUT2D eigenvalue weighted by molar-refractivity contribution is 5.42. The van der Waals surface area contributed by atoms with Gasteiger partial charge in [0, 0.05) is 25.2 Å². The number of halogens is 1. The van der Waals surface area contributed by atoms with Crippen molar-refractivity contribution in [3.63, 3.8) is 0 Å². The van der Waals surface area contributed by atoms with Crippen LogP contribution in [0.4, 0.5) is 4.39 Å². The van der Waals surface area contributed by atoms with Gasteiger partial charge in [-0.3, -0.25) is 4.90 Å². The van der Waals surface area contributed by atoms with E-state index in [1.54, 1.807) is 12.1 Å². The molecule has 2 heterocycles. The van der Waals surface area contributed by atoms with Crippen molar-refractivity contribution < 1.29 is 9.13 Å². The van der Waals surface area contributed by atoms with Gasteiger partial charge in [0.1, 0.15) is 18.2 Å². The molecule has 4 heteroatoms. The number of ether oxygens (including phenoxy) is 1. The molecule has 0 aliphatic carbocycles. The maximum Gasteiger partial charge on any atom is 0.124 e. The Morgan fingerprint density at radius 1 is 0.960 bits per heavy atom. The lowest BCUT2D eigenvalue weighted by Gasteiger charge is -2.31. The molecular formula is C21H25FN2O. The van der Waals surface area contributed by atoms with Crippen LogP contribution in [0.1, 0.15) is 30.0 Å². The fourth-order valence-electron chi connectivity index (χ4n) is 4.01. The van der Waals surface area contributed by atoms with Gasteiger partial charge < -0.3 is 9.64 Å². The van der Waals surface area contributed by atoms with Gasteiger partial charge in [-0.05, 0) is 49.7 Å². The number of fused-ring (bicyclic) bond motifs is 1. The molecule has 0 amide bonds. The lowest BCUT2D eigenvalue weighted by Crippen LogP contribution is -2.37. The summed E-state index contributed by atoms with van der Waals surface area (Å²) in [7, 11) is 0. The molecule has 0 radical (unpaired) electrons. The third-order valence-electron chi connectivity index (χ3n) is 5.29. The Balaban J connectivity index is 1.66. The standard InChI is InChI=1S/C21H25FN2O/c22-18-8-9-20-19(16-18)21(17-6-2-1-3-7-17)24(14-15-25-20)13-12-23-10-4-5-11-23/h1-3,6-9,16,21H,4-5,10-15H2. The van der Waals surface area contributed by atoms with Crippen LogP contribution >= 0.6 is 0 Å². The molecular weight excluding hydrogens is 315 g/mol. The highest BCUT2D eigenvalue weighted by atomic mass is 19.1. The van der Waals surface area contributed by atoms with Crippen molar-refractivity contribution in [3.05, 3.63) is 65.5 Å². The van der Waals surface area contributed by atoms with E-state index in [-0.39, 0.29) is 11.9 Å². The average molecular weight is 340 g/mol. The molecule has 1 unspecified atom stereocenters. The molecule has 0 bridgehead atoms. The van der Waals surface area contributed by atoms with Crippen molar-refractivity contribution in [2.75, 3.05) is 39.3 Å². The van der Waals surface area contributed by atoms with Gasteiger partial charge in [0.15, 0.2) is 0 Å². The van der Waals surface area contributed by atoms with Crippen LogP contribution in [-0.2, 0) is 0 Å². The molecule has 4 rings (SSSR count). The fraction of sp³-hybridized carbons (Fsp3) is 0.429. The highest BCUT2D eigenvalue weighted by Crippen LogP contribution is 2.37. The van der Waals surface area contributed by atoms with Gasteiger partial charge in [0.05, 0.1) is 6.04 Å². The lowest BCUT2D eigenvalue weighted by atomic mass is 9.96. The molecule has 2 aliphatic rings. The fourth-order valence-corrected chi connectivity index (χ4v) is 4.01. The first kappa shape index (κ1) is 16.6. The van der Waals surface area contributed by atoms with Gasteiger partial charge >= 0.3 is 0 Å². The second kappa shape index (κ2) is 7.54. The van der Waals surface area contributed by atoms with Crippen LogP contribution in [0.15, 0.2) is 48.5 Å². The molecule has 0 saturated carbocycles. The van der Waals surface area contributed by atoms with Crippen molar-refractivity contribution in [2.45, 2.75) is 18.9 Å². The van der Waals surface area contributed by atoms with Crippen molar-refractivity contribution >= 4 is 0 Å². The van der Waals surface area contributed by atoms with Crippen LogP contribution in [0.5, 0.6) is 5.75 Å². The largest absolute Gasteiger partial charge is 0.492 e. The molecule has 2 aromatic rings. The molecule has 25 heavy (non-hydrogen) atoms. The number of hydrogen-bond donors (Lipinski definition) is 0. The van der Waals surface area contributed by atoms with Gasteiger partial charge in [0.25, 0.3) is 0 Å². The van der Waals surface area contributed by atoms with Gasteiger partial charge in [-0.25, -0.2) is 4.39 Å². The summed E-state index contributed by atoms with van der Waals surface area (Å²) in [5.74, 6) is 0.601. The third kappa shape index (κ3) is 3.70. The van der Waals surface area contributed by atoms with Crippen LogP contribution in [0.3, 0.4) is 0 Å². The third-order valence-corrected chi connectivity index (χ3v) is 5.29. The zero-order chi connectivity index (χ0) is 17.1. The summed E-state index contributed by atoms with van der Waals surface area (Å²) in [5.41, 5.74) is 2.13. The van der Waals surface area contributed by atoms with E-state index in [0.29, 0.717) is 6.61 Å². The molecule has 3 nitrogen and oxygen atoms in total. The van der Waals surface area contributed by atoms with Crippen molar-refractivity contribution in [1.29, 1.82) is 0 Å². The highest BCUT2D eigenvalue weighted by Gasteiger charge is 2.29. The minimum Gasteiger partial charge on any atom is -0.492 e. The summed E-state index contributed by atoms with van der Waals surface area (Å²) < 4.78 is 19.9. The van der Waals surface area contributed by atoms with E-state index in [0.717, 1.165) is 30.9 Å². The first-order valence-corrected chi connectivity index (χ1v) is 9.25. The predicted molar refractivity (Wildman–Crippen MR) is 97.4 cm³/mol. The van der Waals surface area contributed by atoms with E-state index in [1.165, 1.54) is 37.6 Å². The molecule has 0 spiro atoms. The molecule has 1 atom stereocenters. The molecule has 1 saturated heterocycles. The predicted octanol–water partition coefficient (Wildman–Crippen LogP) is 3.71. The average Bonchev–Trinajstić information content (AvgIpc) is 3.09. The monoisotopic (exact) mass is 340 g/mol. The van der Waals surface area contributed by atoms with E-state index in [2.05, 4.69) is 34.1 Å². The van der Waals surface area contributed by atoms with Crippen LogP contribution in [0, 0.1) is 5.82 Å². The van der Waals surface area contributed by atoms with E-state index in [1.807, 2.05) is 6.07 Å². The minimum atomic E-state index is -0.204. The zero-order valence-corrected chi connectivity index (χ0v) is 14.5. The van der Waals surface area contributed by atoms with E-state index < -0.39 is 0 Å². The van der Waals surface area contributed by atoms with Crippen LogP contribution in [-0.4, -0.2) is 49.1 Å². The summed E-state index contributed by atoms with van der Waals surface area (Å²) in [6, 6.07) is 15.3. The topological polar surface area (TPSA) is 15.7 Å². The summed E-state index contributed by atoms with van der Waals surface area (Å²) >= 11 is 0. The Morgan fingerprint density at radius 2 is 1.76 bits per heavy atom. The van der Waals surface area contributed by atoms with Crippen LogP contribution < -0.4 is 4.74 Å². The first-order valence-electron chi connectivity index (χ1n) is 9.25. The maximum absolute atomic E-state index is 14.0. The van der Waals surface area contributed by atoms with Gasteiger partial charge in [-0.2, -0.15) is 0 Å². The molecule has 1 fully saturated rings. The van der Waals surface area contributed by atoms with Crippen molar-refractivity contribution in [3.8, 4) is 5.75 Å². The second-order valence-corrected chi connectivity index (χ2v) is 6.93. The normalized spacial score (nSPS) is 21.6. The lowest BCUT2D eigenvalue weighted by molar-refractivity contribution is 0.177. The summed E-state index contributed by atoms with van der Waals surface area (Å²) in [6.45, 7) is 5.93. The smallest absolute Gasteiger partial charge is 0.124 e. The summed E-state index contributed by atoms with van der Waals surface area (Å²) in [6.07, 6.45) is 2.61. The number of benzene rings is 2. The zero-order valence-electron chi connectivity index (χ0n) is 14.5. The first-order chi connectivity index (χ1) is 12.3.